The number of aliphatic hydroxyl groups is 1. The summed E-state index contributed by atoms with van der Waals surface area (Å²) in [5, 5.41) is 17.5. The predicted molar refractivity (Wildman–Crippen MR) is 72.9 cm³/mol. The van der Waals surface area contributed by atoms with E-state index < -0.39 is 15.6 Å². The number of nitrogens with zero attached hydrogens (tertiary/aromatic N) is 6. The highest BCUT2D eigenvalue weighted by Gasteiger charge is 2.20. The molecule has 0 atom stereocenters. The second-order valence-electron chi connectivity index (χ2n) is 4.75. The summed E-state index contributed by atoms with van der Waals surface area (Å²) in [5.41, 5.74) is 8.02. The third-order valence-corrected chi connectivity index (χ3v) is 3.82. The Morgan fingerprint density at radius 2 is 1.95 bits per heavy atom. The molecule has 9 nitrogen and oxygen atoms in total. The smallest absolute Gasteiger partial charge is 0.264 e. The fourth-order valence-corrected chi connectivity index (χ4v) is 2.21. The number of benzene rings is 1. The first-order valence-electron chi connectivity index (χ1n) is 5.81. The molecule has 0 aliphatic rings. The summed E-state index contributed by atoms with van der Waals surface area (Å²) >= 11 is 0. The second kappa shape index (κ2) is 5.17. The van der Waals surface area contributed by atoms with Gasteiger partial charge >= 0.3 is 0 Å². The van der Waals surface area contributed by atoms with Gasteiger partial charge in [0.15, 0.2) is 0 Å². The maximum absolute atomic E-state index is 11.5. The average Bonchev–Trinajstić information content (AvgIpc) is 2.88. The Kier molecular flexibility index (Phi) is 3.69. The summed E-state index contributed by atoms with van der Waals surface area (Å²) in [6.45, 7) is 3.16. The van der Waals surface area contributed by atoms with Gasteiger partial charge in [-0.3, -0.25) is 0 Å². The van der Waals surface area contributed by atoms with E-state index in [4.69, 9.17) is 5.53 Å². The molecule has 0 fully saturated rings. The Labute approximate surface area is 120 Å². The van der Waals surface area contributed by atoms with E-state index in [0.29, 0.717) is 11.4 Å². The molecule has 10 heteroatoms. The molecule has 0 saturated heterocycles. The van der Waals surface area contributed by atoms with Crippen molar-refractivity contribution in [1.29, 1.82) is 0 Å². The van der Waals surface area contributed by atoms with E-state index >= 15 is 0 Å². The van der Waals surface area contributed by atoms with E-state index in [1.54, 1.807) is 13.8 Å². The third kappa shape index (κ3) is 3.19. The summed E-state index contributed by atoms with van der Waals surface area (Å²) in [7, 11) is -4.00. The van der Waals surface area contributed by atoms with E-state index in [9.17, 15) is 13.5 Å². The van der Waals surface area contributed by atoms with Gasteiger partial charge in [-0.05, 0) is 43.6 Å². The van der Waals surface area contributed by atoms with E-state index in [1.165, 1.54) is 35.1 Å². The lowest BCUT2D eigenvalue weighted by Crippen LogP contribution is -2.15. The Bertz CT molecular complexity index is 797. The van der Waals surface area contributed by atoms with Gasteiger partial charge in [-0.15, -0.1) is 5.10 Å². The molecule has 2 aromatic rings. The Morgan fingerprint density at radius 3 is 2.43 bits per heavy atom. The van der Waals surface area contributed by atoms with Crippen LogP contribution in [0.5, 0.6) is 0 Å². The fourth-order valence-electron chi connectivity index (χ4n) is 1.54. The minimum atomic E-state index is -4.00. The van der Waals surface area contributed by atoms with E-state index in [0.717, 1.165) is 0 Å². The highest BCUT2D eigenvalue weighted by molar-refractivity contribution is 7.90. The van der Waals surface area contributed by atoms with Gasteiger partial charge in [0.1, 0.15) is 11.3 Å². The molecular weight excluding hydrogens is 296 g/mol. The summed E-state index contributed by atoms with van der Waals surface area (Å²) in [5.74, 6) is 0. The first-order valence-corrected chi connectivity index (χ1v) is 7.25. The van der Waals surface area contributed by atoms with E-state index in [-0.39, 0.29) is 4.90 Å². The predicted octanol–water partition coefficient (Wildman–Crippen LogP) is 1.49. The van der Waals surface area contributed by atoms with Crippen LogP contribution in [0.3, 0.4) is 0 Å². The molecule has 1 heterocycles. The molecule has 1 aromatic heterocycles. The van der Waals surface area contributed by atoms with Crippen LogP contribution in [0.15, 0.2) is 39.9 Å². The number of hydrogen-bond donors (Lipinski definition) is 1. The number of azide groups is 1. The zero-order valence-corrected chi connectivity index (χ0v) is 12.1. The molecule has 0 bridgehead atoms. The molecule has 0 amide bonds. The first kappa shape index (κ1) is 15.0. The van der Waals surface area contributed by atoms with Crippen molar-refractivity contribution in [2.75, 3.05) is 0 Å². The molecule has 1 aromatic carbocycles. The largest absolute Gasteiger partial charge is 0.384 e. The zero-order valence-electron chi connectivity index (χ0n) is 11.2. The van der Waals surface area contributed by atoms with Crippen LogP contribution in [-0.4, -0.2) is 28.5 Å². The van der Waals surface area contributed by atoms with Crippen LogP contribution in [0.4, 0.5) is 0 Å². The number of aromatic nitrogens is 3. The molecule has 0 aliphatic carbocycles. The van der Waals surface area contributed by atoms with Gasteiger partial charge in [0.25, 0.3) is 10.0 Å². The van der Waals surface area contributed by atoms with Crippen LogP contribution < -0.4 is 0 Å². The summed E-state index contributed by atoms with van der Waals surface area (Å²) in [4.78, 5) is 2.16. The minimum Gasteiger partial charge on any atom is -0.384 e. The monoisotopic (exact) mass is 308 g/mol. The van der Waals surface area contributed by atoms with Gasteiger partial charge in [0, 0.05) is 9.43 Å². The summed E-state index contributed by atoms with van der Waals surface area (Å²) in [6, 6.07) is 5.57. The quantitative estimate of drug-likeness (QED) is 0.518. The van der Waals surface area contributed by atoms with Crippen molar-refractivity contribution in [1.82, 2.24) is 15.0 Å². The van der Waals surface area contributed by atoms with Gasteiger partial charge in [0.2, 0.25) is 0 Å². The highest BCUT2D eigenvalue weighted by Crippen LogP contribution is 2.19. The van der Waals surface area contributed by atoms with Gasteiger partial charge in [-0.2, -0.15) is 0 Å². The molecule has 0 spiro atoms. The van der Waals surface area contributed by atoms with Gasteiger partial charge in [-0.1, -0.05) is 5.21 Å². The molecule has 2 rings (SSSR count). The van der Waals surface area contributed by atoms with Gasteiger partial charge in [0.05, 0.1) is 16.8 Å². The Morgan fingerprint density at radius 1 is 1.33 bits per heavy atom. The van der Waals surface area contributed by atoms with Gasteiger partial charge in [-0.25, -0.2) is 13.1 Å². The third-order valence-electron chi connectivity index (χ3n) is 2.66. The van der Waals surface area contributed by atoms with E-state index in [2.05, 4.69) is 19.7 Å². The van der Waals surface area contributed by atoms with Crippen molar-refractivity contribution < 1.29 is 13.5 Å². The lowest BCUT2D eigenvalue weighted by Gasteiger charge is -2.11. The van der Waals surface area contributed by atoms with Crippen LogP contribution in [0.2, 0.25) is 0 Å². The normalized spacial score (nSPS) is 12.0. The van der Waals surface area contributed by atoms with Crippen molar-refractivity contribution in [3.63, 3.8) is 0 Å². The zero-order chi connectivity index (χ0) is 15.7. The lowest BCUT2D eigenvalue weighted by molar-refractivity contribution is 0.0737. The molecule has 0 unspecified atom stereocenters. The maximum atomic E-state index is 11.5. The Balaban J connectivity index is 2.36. The molecule has 21 heavy (non-hydrogen) atoms. The van der Waals surface area contributed by atoms with Crippen LogP contribution >= 0.6 is 0 Å². The van der Waals surface area contributed by atoms with Crippen molar-refractivity contribution in [2.24, 2.45) is 4.52 Å². The Hall–Kier alpha value is -2.42. The SMILES string of the molecule is CC(C)(O)c1cn(-c2ccc(S(=O)(=O)N=[N+]=[N-])cc2)nn1. The molecule has 1 N–H and O–H groups in total. The molecule has 0 aliphatic heterocycles. The second-order valence-corrected chi connectivity index (χ2v) is 6.33. The van der Waals surface area contributed by atoms with Crippen LogP contribution in [-0.2, 0) is 15.6 Å². The number of hydrogen-bond acceptors (Lipinski definition) is 5. The van der Waals surface area contributed by atoms with Gasteiger partial charge < -0.3 is 5.11 Å². The molecule has 0 radical (unpaired) electrons. The number of rotatable bonds is 4. The average molecular weight is 308 g/mol. The molecule has 0 saturated carbocycles. The summed E-state index contributed by atoms with van der Waals surface area (Å²) < 4.78 is 27.2. The van der Waals surface area contributed by atoms with Crippen LogP contribution in [0, 0.1) is 0 Å². The van der Waals surface area contributed by atoms with Crippen molar-refractivity contribution in [3.05, 3.63) is 46.6 Å². The van der Waals surface area contributed by atoms with Crippen molar-refractivity contribution in [2.45, 2.75) is 24.3 Å². The highest BCUT2D eigenvalue weighted by atomic mass is 32.2. The van der Waals surface area contributed by atoms with Crippen LogP contribution in [0.25, 0.3) is 16.1 Å². The van der Waals surface area contributed by atoms with Crippen molar-refractivity contribution in [3.8, 4) is 5.69 Å². The topological polar surface area (TPSA) is 134 Å². The standard InChI is InChI=1S/C11H12N6O3S/c1-11(2,18)10-7-17(15-13-10)8-3-5-9(6-4-8)21(19,20)16-14-12/h3-7,18H,1-2H3. The number of sulfonamides is 1. The molecular formula is C11H12N6O3S. The van der Waals surface area contributed by atoms with Crippen LogP contribution in [0.1, 0.15) is 19.5 Å². The fraction of sp³-hybridized carbons (Fsp3) is 0.273. The molecule has 110 valence electrons. The van der Waals surface area contributed by atoms with Crippen molar-refractivity contribution >= 4 is 10.0 Å². The summed E-state index contributed by atoms with van der Waals surface area (Å²) in [6.07, 6.45) is 1.54. The minimum absolute atomic E-state index is 0.119. The van der Waals surface area contributed by atoms with E-state index in [1.807, 2.05) is 0 Å². The first-order chi connectivity index (χ1) is 9.74. The lowest BCUT2D eigenvalue weighted by atomic mass is 10.1. The maximum Gasteiger partial charge on any atom is 0.264 e.